The fourth-order valence-electron chi connectivity index (χ4n) is 4.67. The van der Waals surface area contributed by atoms with Gasteiger partial charge in [0.05, 0.1) is 17.4 Å². The van der Waals surface area contributed by atoms with E-state index in [1.54, 1.807) is 0 Å². The topological polar surface area (TPSA) is 46.6 Å². The molecule has 3 aliphatic rings. The van der Waals surface area contributed by atoms with E-state index in [4.69, 9.17) is 4.74 Å². The summed E-state index contributed by atoms with van der Waals surface area (Å²) in [6.45, 7) is 1.16. The van der Waals surface area contributed by atoms with E-state index in [0.29, 0.717) is 37.2 Å². The quantitative estimate of drug-likeness (QED) is 0.795. The van der Waals surface area contributed by atoms with Crippen LogP contribution in [0.1, 0.15) is 48.0 Å². The van der Waals surface area contributed by atoms with Crippen LogP contribution < -0.4 is 4.74 Å². The number of hydrogen-bond acceptors (Lipinski definition) is 3. The van der Waals surface area contributed by atoms with Crippen LogP contribution in [0.4, 0.5) is 4.39 Å². The number of piperidine rings is 1. The van der Waals surface area contributed by atoms with Gasteiger partial charge in [-0.15, -0.1) is 0 Å². The van der Waals surface area contributed by atoms with E-state index in [0.717, 1.165) is 18.4 Å². The summed E-state index contributed by atoms with van der Waals surface area (Å²) < 4.78 is 19.6. The van der Waals surface area contributed by atoms with Crippen LogP contribution in [0.2, 0.25) is 0 Å². The molecule has 2 fully saturated rings. The maximum atomic E-state index is 13.4. The summed E-state index contributed by atoms with van der Waals surface area (Å²) in [7, 11) is 0. The molecule has 1 saturated heterocycles. The molecule has 2 aromatic rings. The van der Waals surface area contributed by atoms with Crippen LogP contribution in [0, 0.1) is 5.82 Å². The summed E-state index contributed by atoms with van der Waals surface area (Å²) >= 11 is 0. The number of rotatable bonds is 2. The number of likely N-dealkylation sites (tertiary alicyclic amines) is 1. The van der Waals surface area contributed by atoms with Crippen molar-refractivity contribution >= 4 is 11.7 Å². The monoisotopic (exact) mass is 379 g/mol. The van der Waals surface area contributed by atoms with Crippen LogP contribution in [-0.4, -0.2) is 35.3 Å². The van der Waals surface area contributed by atoms with Crippen molar-refractivity contribution in [3.63, 3.8) is 0 Å². The smallest absolute Gasteiger partial charge is 0.233 e. The van der Waals surface area contributed by atoms with E-state index in [-0.39, 0.29) is 23.5 Å². The SMILES string of the molecule is O=C1CC2(CCN(C(=O)C3(c4ccccc4)CC3)CC2)Oc2ccc(F)cc21. The molecule has 2 heterocycles. The van der Waals surface area contributed by atoms with Crippen LogP contribution in [0.5, 0.6) is 5.75 Å². The van der Waals surface area contributed by atoms with Crippen LogP contribution >= 0.6 is 0 Å². The van der Waals surface area contributed by atoms with Gasteiger partial charge in [-0.25, -0.2) is 4.39 Å². The van der Waals surface area contributed by atoms with Crippen molar-refractivity contribution < 1.29 is 18.7 Å². The van der Waals surface area contributed by atoms with E-state index < -0.39 is 11.4 Å². The van der Waals surface area contributed by atoms with Crippen molar-refractivity contribution in [3.8, 4) is 5.75 Å². The van der Waals surface area contributed by atoms with E-state index >= 15 is 0 Å². The zero-order valence-electron chi connectivity index (χ0n) is 15.6. The van der Waals surface area contributed by atoms with E-state index in [1.807, 2.05) is 35.2 Å². The highest BCUT2D eigenvalue weighted by Gasteiger charge is 2.54. The number of carbonyl (C=O) groups excluding carboxylic acids is 2. The van der Waals surface area contributed by atoms with E-state index in [1.165, 1.54) is 18.2 Å². The molecular formula is C23H22FNO3. The maximum Gasteiger partial charge on any atom is 0.233 e. The zero-order valence-corrected chi connectivity index (χ0v) is 15.6. The third-order valence-corrected chi connectivity index (χ3v) is 6.50. The molecule has 1 aliphatic carbocycles. The molecule has 1 saturated carbocycles. The number of halogens is 1. The summed E-state index contributed by atoms with van der Waals surface area (Å²) in [5, 5.41) is 0. The Kier molecular flexibility index (Phi) is 3.83. The second kappa shape index (κ2) is 6.16. The summed E-state index contributed by atoms with van der Waals surface area (Å²) in [6, 6.07) is 14.1. The van der Waals surface area contributed by atoms with Gasteiger partial charge < -0.3 is 9.64 Å². The van der Waals surface area contributed by atoms with Gasteiger partial charge in [0.2, 0.25) is 5.91 Å². The number of nitrogens with zero attached hydrogens (tertiary/aromatic N) is 1. The second-order valence-electron chi connectivity index (χ2n) is 8.27. The molecule has 0 aromatic heterocycles. The molecule has 2 aliphatic heterocycles. The largest absolute Gasteiger partial charge is 0.486 e. The first kappa shape index (κ1) is 17.4. The molecular weight excluding hydrogens is 357 g/mol. The van der Waals surface area contributed by atoms with Crippen LogP contribution in [0.25, 0.3) is 0 Å². The molecule has 0 N–H and O–H groups in total. The minimum Gasteiger partial charge on any atom is -0.486 e. The van der Waals surface area contributed by atoms with Gasteiger partial charge in [0.25, 0.3) is 0 Å². The Balaban J connectivity index is 1.31. The molecule has 4 nitrogen and oxygen atoms in total. The van der Waals surface area contributed by atoms with Crippen molar-refractivity contribution in [2.75, 3.05) is 13.1 Å². The van der Waals surface area contributed by atoms with Gasteiger partial charge in [0.15, 0.2) is 5.78 Å². The number of ether oxygens (including phenoxy) is 1. The third-order valence-electron chi connectivity index (χ3n) is 6.50. The molecule has 0 radical (unpaired) electrons. The molecule has 1 amide bonds. The van der Waals surface area contributed by atoms with Crippen molar-refractivity contribution in [1.29, 1.82) is 0 Å². The zero-order chi connectivity index (χ0) is 19.4. The standard InChI is InChI=1S/C23H22FNO3/c24-17-6-7-20-18(14-17)19(26)15-22(28-20)10-12-25(13-11-22)21(27)23(8-9-23)16-4-2-1-3-5-16/h1-7,14H,8-13,15H2. The first-order valence-electron chi connectivity index (χ1n) is 9.88. The second-order valence-corrected chi connectivity index (χ2v) is 8.27. The minimum absolute atomic E-state index is 0.0801. The Morgan fingerprint density at radius 3 is 2.39 bits per heavy atom. The Morgan fingerprint density at radius 1 is 1.00 bits per heavy atom. The van der Waals surface area contributed by atoms with Crippen molar-refractivity contribution in [1.82, 2.24) is 4.90 Å². The molecule has 2 aromatic carbocycles. The van der Waals surface area contributed by atoms with Gasteiger partial charge in [-0.1, -0.05) is 30.3 Å². The molecule has 0 bridgehead atoms. The highest BCUT2D eigenvalue weighted by Crippen LogP contribution is 2.50. The lowest BCUT2D eigenvalue weighted by Crippen LogP contribution is -2.53. The number of carbonyl (C=O) groups is 2. The lowest BCUT2D eigenvalue weighted by Gasteiger charge is -2.44. The Labute approximate surface area is 163 Å². The Morgan fingerprint density at radius 2 is 1.71 bits per heavy atom. The summed E-state index contributed by atoms with van der Waals surface area (Å²) in [6.07, 6.45) is 3.27. The van der Waals surface area contributed by atoms with Crippen molar-refractivity contribution in [2.24, 2.45) is 0 Å². The number of ketones is 1. The number of amides is 1. The van der Waals surface area contributed by atoms with Gasteiger partial charge in [-0.05, 0) is 36.6 Å². The van der Waals surface area contributed by atoms with Crippen LogP contribution in [-0.2, 0) is 10.2 Å². The molecule has 0 unspecified atom stereocenters. The van der Waals surface area contributed by atoms with E-state index in [9.17, 15) is 14.0 Å². The highest BCUT2D eigenvalue weighted by atomic mass is 19.1. The number of hydrogen-bond donors (Lipinski definition) is 0. The minimum atomic E-state index is -0.581. The van der Waals surface area contributed by atoms with Gasteiger partial charge in [0.1, 0.15) is 17.2 Å². The summed E-state index contributed by atoms with van der Waals surface area (Å²) in [4.78, 5) is 27.7. The van der Waals surface area contributed by atoms with Gasteiger partial charge in [-0.2, -0.15) is 0 Å². The normalized spacial score (nSPS) is 21.8. The predicted octanol–water partition coefficient (Wildman–Crippen LogP) is 3.88. The maximum absolute atomic E-state index is 13.4. The molecule has 1 spiro atoms. The fraction of sp³-hybridized carbons (Fsp3) is 0.391. The van der Waals surface area contributed by atoms with Crippen LogP contribution in [0.15, 0.2) is 48.5 Å². The highest BCUT2D eigenvalue weighted by molar-refractivity contribution is 6.00. The van der Waals surface area contributed by atoms with Crippen molar-refractivity contribution in [3.05, 3.63) is 65.5 Å². The van der Waals surface area contributed by atoms with Gasteiger partial charge >= 0.3 is 0 Å². The number of benzene rings is 2. The molecule has 5 heteroatoms. The lowest BCUT2D eigenvalue weighted by molar-refractivity contribution is -0.137. The Hall–Kier alpha value is -2.69. The predicted molar refractivity (Wildman–Crippen MR) is 102 cm³/mol. The lowest BCUT2D eigenvalue weighted by atomic mass is 9.81. The van der Waals surface area contributed by atoms with Crippen molar-refractivity contribution in [2.45, 2.75) is 43.1 Å². The average molecular weight is 379 g/mol. The number of Topliss-reactive ketones (excluding diaryl/α,β-unsaturated/α-hetero) is 1. The Bertz CT molecular complexity index is 944. The average Bonchev–Trinajstić information content (AvgIpc) is 3.52. The molecule has 144 valence electrons. The summed E-state index contributed by atoms with van der Waals surface area (Å²) in [5.74, 6) is 0.143. The first-order valence-corrected chi connectivity index (χ1v) is 9.88. The fourth-order valence-corrected chi connectivity index (χ4v) is 4.67. The molecule has 0 atom stereocenters. The van der Waals surface area contributed by atoms with Gasteiger partial charge in [0, 0.05) is 25.9 Å². The van der Waals surface area contributed by atoms with Gasteiger partial charge in [-0.3, -0.25) is 9.59 Å². The first-order chi connectivity index (χ1) is 13.5. The molecule has 28 heavy (non-hydrogen) atoms. The summed E-state index contributed by atoms with van der Waals surface area (Å²) in [5.41, 5.74) is 0.479. The van der Waals surface area contributed by atoms with Crippen LogP contribution in [0.3, 0.4) is 0 Å². The third kappa shape index (κ3) is 2.72. The number of fused-ring (bicyclic) bond motifs is 1. The van der Waals surface area contributed by atoms with E-state index in [2.05, 4.69) is 0 Å². The molecule has 5 rings (SSSR count).